The summed E-state index contributed by atoms with van der Waals surface area (Å²) in [7, 11) is 0. The van der Waals surface area contributed by atoms with E-state index in [9.17, 15) is 9.90 Å². The van der Waals surface area contributed by atoms with Crippen molar-refractivity contribution in [1.29, 1.82) is 0 Å². The smallest absolute Gasteiger partial charge is 0.224 e. The van der Waals surface area contributed by atoms with Gasteiger partial charge in [-0.1, -0.05) is 24.3 Å². The molecule has 0 aromatic heterocycles. The fourth-order valence-electron chi connectivity index (χ4n) is 2.48. The van der Waals surface area contributed by atoms with Crippen LogP contribution in [0.15, 0.2) is 24.3 Å². The van der Waals surface area contributed by atoms with Gasteiger partial charge in [0.15, 0.2) is 0 Å². The molecule has 0 atom stereocenters. The molecule has 1 fully saturated rings. The number of benzene rings is 1. The second-order valence-corrected chi connectivity index (χ2v) is 5.18. The summed E-state index contributed by atoms with van der Waals surface area (Å²) >= 11 is 0. The minimum atomic E-state index is -0.172. The van der Waals surface area contributed by atoms with E-state index in [1.807, 2.05) is 31.2 Å². The van der Waals surface area contributed by atoms with Crippen LogP contribution in [0.5, 0.6) is 0 Å². The summed E-state index contributed by atoms with van der Waals surface area (Å²) in [5.74, 6) is 0.0886. The number of nitrogens with one attached hydrogen (secondary N) is 1. The van der Waals surface area contributed by atoms with Crippen LogP contribution in [0, 0.1) is 6.92 Å². The van der Waals surface area contributed by atoms with Gasteiger partial charge in [-0.2, -0.15) is 0 Å². The van der Waals surface area contributed by atoms with Gasteiger partial charge in [0, 0.05) is 6.04 Å². The average molecular weight is 247 g/mol. The molecule has 0 saturated heterocycles. The SMILES string of the molecule is Cc1ccccc1CC(=O)NC1CCC(O)CC1. The van der Waals surface area contributed by atoms with E-state index < -0.39 is 0 Å². The number of aliphatic hydroxyl groups excluding tert-OH is 1. The zero-order chi connectivity index (χ0) is 13.0. The van der Waals surface area contributed by atoms with Crippen molar-refractivity contribution in [3.8, 4) is 0 Å². The Hall–Kier alpha value is -1.35. The molecule has 3 heteroatoms. The molecule has 3 nitrogen and oxygen atoms in total. The van der Waals surface area contributed by atoms with Crippen molar-refractivity contribution in [1.82, 2.24) is 5.32 Å². The average Bonchev–Trinajstić information content (AvgIpc) is 2.35. The quantitative estimate of drug-likeness (QED) is 0.857. The van der Waals surface area contributed by atoms with Crippen LogP contribution in [0.4, 0.5) is 0 Å². The number of carbonyl (C=O) groups is 1. The van der Waals surface area contributed by atoms with E-state index in [0.717, 1.165) is 36.8 Å². The maximum Gasteiger partial charge on any atom is 0.224 e. The molecule has 1 aliphatic rings. The molecule has 2 N–H and O–H groups in total. The summed E-state index contributed by atoms with van der Waals surface area (Å²) in [6.45, 7) is 2.03. The van der Waals surface area contributed by atoms with Gasteiger partial charge < -0.3 is 10.4 Å². The molecular weight excluding hydrogens is 226 g/mol. The van der Waals surface area contributed by atoms with Crippen LogP contribution in [0.25, 0.3) is 0 Å². The minimum Gasteiger partial charge on any atom is -0.393 e. The summed E-state index contributed by atoms with van der Waals surface area (Å²) in [6.07, 6.45) is 3.66. The lowest BCUT2D eigenvalue weighted by molar-refractivity contribution is -0.121. The molecule has 2 rings (SSSR count). The fourth-order valence-corrected chi connectivity index (χ4v) is 2.48. The van der Waals surface area contributed by atoms with Crippen LogP contribution in [0.3, 0.4) is 0 Å². The molecule has 1 aromatic carbocycles. The number of hydrogen-bond donors (Lipinski definition) is 2. The molecule has 1 aromatic rings. The highest BCUT2D eigenvalue weighted by Crippen LogP contribution is 2.18. The first kappa shape index (κ1) is 13.1. The second kappa shape index (κ2) is 6.01. The van der Waals surface area contributed by atoms with Crippen molar-refractivity contribution in [2.45, 2.75) is 51.2 Å². The molecule has 0 aliphatic heterocycles. The number of aryl methyl sites for hydroxylation is 1. The van der Waals surface area contributed by atoms with Gasteiger partial charge in [0.25, 0.3) is 0 Å². The molecule has 1 aliphatic carbocycles. The lowest BCUT2D eigenvalue weighted by Crippen LogP contribution is -2.39. The van der Waals surface area contributed by atoms with Gasteiger partial charge in [0.05, 0.1) is 12.5 Å². The Labute approximate surface area is 108 Å². The van der Waals surface area contributed by atoms with Crippen molar-refractivity contribution in [2.24, 2.45) is 0 Å². The third-order valence-electron chi connectivity index (χ3n) is 3.67. The van der Waals surface area contributed by atoms with E-state index in [2.05, 4.69) is 5.32 Å². The topological polar surface area (TPSA) is 49.3 Å². The lowest BCUT2D eigenvalue weighted by atomic mass is 9.93. The van der Waals surface area contributed by atoms with Gasteiger partial charge in [0.1, 0.15) is 0 Å². The van der Waals surface area contributed by atoms with Crippen LogP contribution in [-0.2, 0) is 11.2 Å². The Kier molecular flexibility index (Phi) is 4.37. The van der Waals surface area contributed by atoms with Gasteiger partial charge in [-0.25, -0.2) is 0 Å². The molecule has 98 valence electrons. The van der Waals surface area contributed by atoms with Crippen LogP contribution in [-0.4, -0.2) is 23.2 Å². The Morgan fingerprint density at radius 1 is 1.28 bits per heavy atom. The zero-order valence-electron chi connectivity index (χ0n) is 10.9. The number of carbonyl (C=O) groups excluding carboxylic acids is 1. The first-order valence-electron chi connectivity index (χ1n) is 6.67. The van der Waals surface area contributed by atoms with Gasteiger partial charge in [0.2, 0.25) is 5.91 Å². The minimum absolute atomic E-state index is 0.0886. The third-order valence-corrected chi connectivity index (χ3v) is 3.67. The summed E-state index contributed by atoms with van der Waals surface area (Å²) in [5.41, 5.74) is 2.25. The van der Waals surface area contributed by atoms with Crippen LogP contribution < -0.4 is 5.32 Å². The van der Waals surface area contributed by atoms with E-state index in [1.54, 1.807) is 0 Å². The Morgan fingerprint density at radius 2 is 1.94 bits per heavy atom. The molecule has 18 heavy (non-hydrogen) atoms. The zero-order valence-corrected chi connectivity index (χ0v) is 10.9. The Morgan fingerprint density at radius 3 is 2.61 bits per heavy atom. The van der Waals surface area contributed by atoms with Crippen LogP contribution in [0.2, 0.25) is 0 Å². The molecule has 0 radical (unpaired) electrons. The molecular formula is C15H21NO2. The highest BCUT2D eigenvalue weighted by atomic mass is 16.3. The molecule has 1 amide bonds. The van der Waals surface area contributed by atoms with Crippen molar-refractivity contribution in [2.75, 3.05) is 0 Å². The molecule has 0 unspecified atom stereocenters. The maximum atomic E-state index is 11.9. The lowest BCUT2D eigenvalue weighted by Gasteiger charge is -2.26. The summed E-state index contributed by atoms with van der Waals surface area (Å²) in [6, 6.07) is 8.22. The normalized spacial score (nSPS) is 23.7. The molecule has 0 bridgehead atoms. The fraction of sp³-hybridized carbons (Fsp3) is 0.533. The van der Waals surface area contributed by atoms with E-state index in [1.165, 1.54) is 0 Å². The largest absolute Gasteiger partial charge is 0.393 e. The number of aliphatic hydroxyl groups is 1. The maximum absolute atomic E-state index is 11.9. The molecule has 0 spiro atoms. The molecule has 0 heterocycles. The summed E-state index contributed by atoms with van der Waals surface area (Å²) < 4.78 is 0. The van der Waals surface area contributed by atoms with Crippen molar-refractivity contribution < 1.29 is 9.90 Å². The van der Waals surface area contributed by atoms with Gasteiger partial charge in [-0.3, -0.25) is 4.79 Å². The number of hydrogen-bond acceptors (Lipinski definition) is 2. The first-order valence-corrected chi connectivity index (χ1v) is 6.67. The van der Waals surface area contributed by atoms with Gasteiger partial charge in [-0.15, -0.1) is 0 Å². The third kappa shape index (κ3) is 3.57. The monoisotopic (exact) mass is 247 g/mol. The second-order valence-electron chi connectivity index (χ2n) is 5.18. The van der Waals surface area contributed by atoms with Crippen LogP contribution in [0.1, 0.15) is 36.8 Å². The standard InChI is InChI=1S/C15H21NO2/c1-11-4-2-3-5-12(11)10-15(18)16-13-6-8-14(17)9-7-13/h2-5,13-14,17H,6-10H2,1H3,(H,16,18). The predicted octanol–water partition coefficient (Wildman–Crippen LogP) is 1.96. The highest BCUT2D eigenvalue weighted by molar-refractivity contribution is 5.79. The number of amides is 1. The van der Waals surface area contributed by atoms with E-state index >= 15 is 0 Å². The molecule has 1 saturated carbocycles. The summed E-state index contributed by atoms with van der Waals surface area (Å²) in [5, 5.41) is 12.5. The van der Waals surface area contributed by atoms with Gasteiger partial charge in [-0.05, 0) is 43.7 Å². The first-order chi connectivity index (χ1) is 8.65. The van der Waals surface area contributed by atoms with Crippen molar-refractivity contribution in [3.63, 3.8) is 0 Å². The highest BCUT2D eigenvalue weighted by Gasteiger charge is 2.20. The predicted molar refractivity (Wildman–Crippen MR) is 71.3 cm³/mol. The Balaban J connectivity index is 1.84. The van der Waals surface area contributed by atoms with Crippen molar-refractivity contribution in [3.05, 3.63) is 35.4 Å². The number of rotatable bonds is 3. The van der Waals surface area contributed by atoms with Gasteiger partial charge >= 0.3 is 0 Å². The van der Waals surface area contributed by atoms with Crippen molar-refractivity contribution >= 4 is 5.91 Å². The summed E-state index contributed by atoms with van der Waals surface area (Å²) in [4.78, 5) is 11.9. The van der Waals surface area contributed by atoms with E-state index in [-0.39, 0.29) is 18.1 Å². The van der Waals surface area contributed by atoms with E-state index in [0.29, 0.717) is 6.42 Å². The Bertz CT molecular complexity index is 409. The van der Waals surface area contributed by atoms with Crippen LogP contribution >= 0.6 is 0 Å². The van der Waals surface area contributed by atoms with E-state index in [4.69, 9.17) is 0 Å².